The van der Waals surface area contributed by atoms with Crippen molar-refractivity contribution in [1.82, 2.24) is 30.4 Å². The molecular weight excluding hydrogens is 463 g/mol. The molecule has 0 atom stereocenters. The smallest absolute Gasteiger partial charge is 0.406 e. The van der Waals surface area contributed by atoms with Crippen LogP contribution in [-0.4, -0.2) is 36.8 Å². The summed E-state index contributed by atoms with van der Waals surface area (Å²) < 4.78 is 43.0. The van der Waals surface area contributed by atoms with Gasteiger partial charge in [0.05, 0.1) is 11.4 Å². The van der Waals surface area contributed by atoms with Crippen LogP contribution in [0.5, 0.6) is 5.75 Å². The van der Waals surface area contributed by atoms with Gasteiger partial charge < -0.3 is 10.1 Å². The summed E-state index contributed by atoms with van der Waals surface area (Å²) in [6.07, 6.45) is -4.72. The minimum Gasteiger partial charge on any atom is -0.406 e. The van der Waals surface area contributed by atoms with Crippen LogP contribution < -0.4 is 10.1 Å². The number of para-hydroxylation sites is 1. The molecular formula is C19H16F3N7OS2. The Balaban J connectivity index is 1.39. The largest absolute Gasteiger partial charge is 0.573 e. The van der Waals surface area contributed by atoms with Gasteiger partial charge in [0.1, 0.15) is 5.75 Å². The molecule has 0 spiro atoms. The molecule has 2 heterocycles. The summed E-state index contributed by atoms with van der Waals surface area (Å²) in [7, 11) is 0. The standard InChI is InChI=1S/C19H16F3N7OS2/c1-11-4-3-5-12(2)16(11)29-15(24-27-28-29)10-31-18-26-25-17(32-18)23-13-6-8-14(9-7-13)30-19(20,21)22/h3-9H,10H2,1-2H3,(H,23,25). The van der Waals surface area contributed by atoms with Gasteiger partial charge in [0.25, 0.3) is 0 Å². The van der Waals surface area contributed by atoms with E-state index in [1.54, 1.807) is 4.68 Å². The molecule has 13 heteroatoms. The Morgan fingerprint density at radius 1 is 1.03 bits per heavy atom. The number of halogens is 3. The molecule has 2 aromatic heterocycles. The van der Waals surface area contributed by atoms with E-state index in [1.165, 1.54) is 47.4 Å². The molecule has 0 radical (unpaired) electrons. The van der Waals surface area contributed by atoms with Crippen molar-refractivity contribution in [3.63, 3.8) is 0 Å². The highest BCUT2D eigenvalue weighted by Crippen LogP contribution is 2.31. The molecule has 0 aliphatic rings. The summed E-state index contributed by atoms with van der Waals surface area (Å²) in [5.41, 5.74) is 3.65. The summed E-state index contributed by atoms with van der Waals surface area (Å²) in [6.45, 7) is 4.01. The molecule has 0 saturated carbocycles. The number of benzene rings is 2. The average molecular weight is 480 g/mol. The minimum absolute atomic E-state index is 0.293. The van der Waals surface area contributed by atoms with Gasteiger partial charge in [-0.15, -0.1) is 28.5 Å². The molecule has 0 aliphatic heterocycles. The predicted molar refractivity (Wildman–Crippen MR) is 115 cm³/mol. The molecule has 8 nitrogen and oxygen atoms in total. The topological polar surface area (TPSA) is 90.6 Å². The van der Waals surface area contributed by atoms with Crippen LogP contribution in [-0.2, 0) is 5.75 Å². The lowest BCUT2D eigenvalue weighted by molar-refractivity contribution is -0.274. The number of tetrazole rings is 1. The molecule has 0 amide bonds. The lowest BCUT2D eigenvalue weighted by Crippen LogP contribution is -2.16. The highest BCUT2D eigenvalue weighted by molar-refractivity contribution is 8.00. The first-order chi connectivity index (χ1) is 15.3. The van der Waals surface area contributed by atoms with Crippen LogP contribution in [0.2, 0.25) is 0 Å². The highest BCUT2D eigenvalue weighted by atomic mass is 32.2. The number of hydrogen-bond acceptors (Lipinski definition) is 9. The van der Waals surface area contributed by atoms with Crippen LogP contribution in [0.1, 0.15) is 17.0 Å². The van der Waals surface area contributed by atoms with Gasteiger partial charge in [-0.05, 0) is 59.7 Å². The Morgan fingerprint density at radius 2 is 1.75 bits per heavy atom. The summed E-state index contributed by atoms with van der Waals surface area (Å²) in [6, 6.07) is 11.4. The van der Waals surface area contributed by atoms with Crippen molar-refractivity contribution in [2.24, 2.45) is 0 Å². The minimum atomic E-state index is -4.72. The van der Waals surface area contributed by atoms with Crippen molar-refractivity contribution in [3.05, 3.63) is 59.4 Å². The van der Waals surface area contributed by atoms with Gasteiger partial charge in [-0.2, -0.15) is 4.68 Å². The van der Waals surface area contributed by atoms with Gasteiger partial charge in [-0.1, -0.05) is 41.3 Å². The number of nitrogens with one attached hydrogen (secondary N) is 1. The quantitative estimate of drug-likeness (QED) is 0.368. The van der Waals surface area contributed by atoms with Gasteiger partial charge in [-0.25, -0.2) is 0 Å². The summed E-state index contributed by atoms with van der Waals surface area (Å²) >= 11 is 2.75. The SMILES string of the molecule is Cc1cccc(C)c1-n1nnnc1CSc1nnc(Nc2ccc(OC(F)(F)F)cc2)s1. The Labute approximate surface area is 188 Å². The van der Waals surface area contributed by atoms with Crippen LogP contribution in [0, 0.1) is 13.8 Å². The van der Waals surface area contributed by atoms with Gasteiger partial charge in [0.2, 0.25) is 5.13 Å². The van der Waals surface area contributed by atoms with E-state index in [9.17, 15) is 13.2 Å². The monoisotopic (exact) mass is 479 g/mol. The van der Waals surface area contributed by atoms with Crippen LogP contribution in [0.4, 0.5) is 24.0 Å². The van der Waals surface area contributed by atoms with Crippen molar-refractivity contribution >= 4 is 33.9 Å². The van der Waals surface area contributed by atoms with Gasteiger partial charge in [-0.3, -0.25) is 0 Å². The number of hydrogen-bond donors (Lipinski definition) is 1. The molecule has 0 bridgehead atoms. The maximum absolute atomic E-state index is 12.3. The number of alkyl halides is 3. The highest BCUT2D eigenvalue weighted by Gasteiger charge is 2.31. The molecule has 1 N–H and O–H groups in total. The molecule has 32 heavy (non-hydrogen) atoms. The van der Waals surface area contributed by atoms with Crippen molar-refractivity contribution in [2.75, 3.05) is 5.32 Å². The third kappa shape index (κ3) is 5.34. The third-order valence-electron chi connectivity index (χ3n) is 4.26. The lowest BCUT2D eigenvalue weighted by atomic mass is 10.1. The van der Waals surface area contributed by atoms with Crippen molar-refractivity contribution < 1.29 is 17.9 Å². The van der Waals surface area contributed by atoms with Crippen LogP contribution >= 0.6 is 23.1 Å². The first-order valence-electron chi connectivity index (χ1n) is 9.21. The fourth-order valence-corrected chi connectivity index (χ4v) is 4.60. The molecule has 0 unspecified atom stereocenters. The Morgan fingerprint density at radius 3 is 2.44 bits per heavy atom. The number of nitrogens with zero attached hydrogens (tertiary/aromatic N) is 6. The molecule has 4 aromatic rings. The molecule has 0 fully saturated rings. The first kappa shape index (κ1) is 22.0. The van der Waals surface area contributed by atoms with E-state index in [2.05, 4.69) is 35.8 Å². The number of anilines is 2. The molecule has 0 saturated heterocycles. The van der Waals surface area contributed by atoms with E-state index in [0.29, 0.717) is 26.7 Å². The van der Waals surface area contributed by atoms with Crippen molar-refractivity contribution in [3.8, 4) is 11.4 Å². The second kappa shape index (κ2) is 9.12. The number of ether oxygens (including phenoxy) is 1. The second-order valence-corrected chi connectivity index (χ2v) is 8.81. The average Bonchev–Trinajstić information content (AvgIpc) is 3.36. The van der Waals surface area contributed by atoms with E-state index in [4.69, 9.17) is 0 Å². The third-order valence-corrected chi connectivity index (χ3v) is 6.22. The number of aryl methyl sites for hydroxylation is 2. The van der Waals surface area contributed by atoms with Gasteiger partial charge >= 0.3 is 6.36 Å². The zero-order valence-electron chi connectivity index (χ0n) is 16.8. The normalized spacial score (nSPS) is 11.5. The van der Waals surface area contributed by atoms with Crippen LogP contribution in [0.15, 0.2) is 46.8 Å². The maximum Gasteiger partial charge on any atom is 0.573 e. The fraction of sp³-hybridized carbons (Fsp3) is 0.211. The summed E-state index contributed by atoms with van der Waals surface area (Å²) in [5.74, 6) is 0.870. The zero-order valence-corrected chi connectivity index (χ0v) is 18.4. The van der Waals surface area contributed by atoms with Gasteiger partial charge in [0.15, 0.2) is 10.2 Å². The summed E-state index contributed by atoms with van der Waals surface area (Å²) in [5, 5.41) is 23.8. The van der Waals surface area contributed by atoms with E-state index >= 15 is 0 Å². The lowest BCUT2D eigenvalue weighted by Gasteiger charge is -2.10. The Bertz CT molecular complexity index is 1190. The molecule has 4 rings (SSSR count). The Hall–Kier alpha value is -3.19. The van der Waals surface area contributed by atoms with Crippen LogP contribution in [0.3, 0.4) is 0 Å². The summed E-state index contributed by atoms with van der Waals surface area (Å²) in [4.78, 5) is 0. The number of thioether (sulfide) groups is 1. The number of rotatable bonds is 7. The fourth-order valence-electron chi connectivity index (χ4n) is 2.92. The van der Waals surface area contributed by atoms with Crippen molar-refractivity contribution in [1.29, 1.82) is 0 Å². The molecule has 2 aromatic carbocycles. The van der Waals surface area contributed by atoms with Gasteiger partial charge in [0, 0.05) is 5.69 Å². The van der Waals surface area contributed by atoms with E-state index in [-0.39, 0.29) is 5.75 Å². The van der Waals surface area contributed by atoms with Crippen molar-refractivity contribution in [2.45, 2.75) is 30.3 Å². The molecule has 0 aliphatic carbocycles. The second-order valence-electron chi connectivity index (χ2n) is 6.61. The maximum atomic E-state index is 12.3. The van der Waals surface area contributed by atoms with E-state index in [1.807, 2.05) is 32.0 Å². The number of aromatic nitrogens is 6. The first-order valence-corrected chi connectivity index (χ1v) is 11.0. The van der Waals surface area contributed by atoms with Crippen LogP contribution in [0.25, 0.3) is 5.69 Å². The van der Waals surface area contributed by atoms with E-state index < -0.39 is 6.36 Å². The zero-order chi connectivity index (χ0) is 22.7. The Kier molecular flexibility index (Phi) is 6.28. The van der Waals surface area contributed by atoms with E-state index in [0.717, 1.165) is 16.8 Å². The molecule has 166 valence electrons. The predicted octanol–water partition coefficient (Wildman–Crippen LogP) is 5.07.